The average molecular weight is 994 g/mol. The van der Waals surface area contributed by atoms with Crippen molar-refractivity contribution in [3.63, 3.8) is 0 Å². The molecule has 9 nitrogen and oxygen atoms in total. The van der Waals surface area contributed by atoms with Crippen LogP contribution in [-0.2, 0) is 0 Å². The van der Waals surface area contributed by atoms with Crippen LogP contribution >= 0.6 is 0 Å². The Bertz CT molecular complexity index is 3860. The molecule has 0 bridgehead atoms. The fraction of sp³-hybridized carbons (Fsp3) is 0. The topological polar surface area (TPSA) is 92.1 Å². The molecule has 0 atom stereocenters. The van der Waals surface area contributed by atoms with Gasteiger partial charge in [0.05, 0.1) is 50.2 Å². The highest BCUT2D eigenvalue weighted by Crippen LogP contribution is 2.36. The molecule has 0 spiro atoms. The number of rotatable bonds is 9. The first kappa shape index (κ1) is 44.9. The number of aromatic nitrogens is 9. The van der Waals surface area contributed by atoms with Gasteiger partial charge in [-0.15, -0.1) is 0 Å². The summed E-state index contributed by atoms with van der Waals surface area (Å²) < 4.78 is 93.0. The van der Waals surface area contributed by atoms with Gasteiger partial charge in [0, 0.05) is 51.6 Å². The van der Waals surface area contributed by atoms with Crippen molar-refractivity contribution in [2.75, 3.05) is 0 Å². The van der Waals surface area contributed by atoms with Crippen LogP contribution < -0.4 is 0 Å². The van der Waals surface area contributed by atoms with Gasteiger partial charge in [-0.3, -0.25) is 13.7 Å². The SMILES string of the molecule is Fc1cc(F)cc(-n2c(-c3ccc(-c4nc(-c5ccc(-c6nc7ccccc7n6-c6cc(F)cc(F)c6)cc5)nc(-c5ccc(-c6nc7ccccc7n6-c6cc(F)cc(F)c6)cc5)n4)cc3)nc3ccccc32)c1. The van der Waals surface area contributed by atoms with Gasteiger partial charge in [-0.25, -0.2) is 56.2 Å². The number of imidazole rings is 3. The molecular weight excluding hydrogens is 961 g/mol. The molecule has 0 aliphatic carbocycles. The minimum absolute atomic E-state index is 0.268. The molecule has 0 unspecified atom stereocenters. The Hall–Kier alpha value is -10.0. The second-order valence-electron chi connectivity index (χ2n) is 17.7. The molecule has 13 aromatic rings. The molecule has 4 heterocycles. The Morgan fingerprint density at radius 2 is 0.467 bits per heavy atom. The van der Waals surface area contributed by atoms with Gasteiger partial charge in [-0.1, -0.05) is 109 Å². The quantitative estimate of drug-likeness (QED) is 0.134. The van der Waals surface area contributed by atoms with Crippen molar-refractivity contribution < 1.29 is 26.3 Å². The lowest BCUT2D eigenvalue weighted by molar-refractivity contribution is 0.581. The predicted molar refractivity (Wildman–Crippen MR) is 276 cm³/mol. The van der Waals surface area contributed by atoms with E-state index in [1.54, 1.807) is 13.7 Å². The van der Waals surface area contributed by atoms with Gasteiger partial charge < -0.3 is 0 Å². The van der Waals surface area contributed by atoms with Crippen LogP contribution in [-0.4, -0.2) is 43.6 Å². The number of para-hydroxylation sites is 6. The minimum Gasteiger partial charge on any atom is -0.292 e. The number of halogens is 6. The summed E-state index contributed by atoms with van der Waals surface area (Å²) in [6, 6.07) is 54.0. The second kappa shape index (κ2) is 17.9. The fourth-order valence-electron chi connectivity index (χ4n) is 9.52. The Labute approximate surface area is 422 Å². The normalized spacial score (nSPS) is 11.6. The average Bonchev–Trinajstić information content (AvgIpc) is 4.13. The number of hydrogen-bond donors (Lipinski definition) is 0. The van der Waals surface area contributed by atoms with Crippen LogP contribution in [0.1, 0.15) is 0 Å². The largest absolute Gasteiger partial charge is 0.292 e. The molecule has 9 aromatic carbocycles. The van der Waals surface area contributed by atoms with Gasteiger partial charge in [0.25, 0.3) is 0 Å². The van der Waals surface area contributed by atoms with Crippen LogP contribution in [0.4, 0.5) is 26.3 Å². The first-order chi connectivity index (χ1) is 36.6. The second-order valence-corrected chi connectivity index (χ2v) is 17.7. The van der Waals surface area contributed by atoms with E-state index in [9.17, 15) is 26.3 Å². The highest BCUT2D eigenvalue weighted by atomic mass is 19.2. The first-order valence-corrected chi connectivity index (χ1v) is 23.5. The molecule has 0 aliphatic heterocycles. The summed E-state index contributed by atoms with van der Waals surface area (Å²) in [5.74, 6) is -2.03. The Morgan fingerprint density at radius 3 is 0.720 bits per heavy atom. The maximum absolute atomic E-state index is 14.6. The van der Waals surface area contributed by atoms with Crippen LogP contribution in [0, 0.1) is 34.9 Å². The zero-order valence-electron chi connectivity index (χ0n) is 38.8. The molecule has 0 N–H and O–H groups in total. The molecule has 0 radical (unpaired) electrons. The molecular formula is C60H33F6N9. The summed E-state index contributed by atoms with van der Waals surface area (Å²) >= 11 is 0. The predicted octanol–water partition coefficient (Wildman–Crippen LogP) is 14.7. The van der Waals surface area contributed by atoms with Gasteiger partial charge in [-0.2, -0.15) is 0 Å². The maximum Gasteiger partial charge on any atom is 0.164 e. The maximum atomic E-state index is 14.6. The summed E-state index contributed by atoms with van der Waals surface area (Å²) in [6.45, 7) is 0. The highest BCUT2D eigenvalue weighted by molar-refractivity contribution is 5.86. The zero-order valence-corrected chi connectivity index (χ0v) is 38.8. The van der Waals surface area contributed by atoms with E-state index in [2.05, 4.69) is 0 Å². The zero-order chi connectivity index (χ0) is 50.9. The Balaban J connectivity index is 0.921. The van der Waals surface area contributed by atoms with Crippen molar-refractivity contribution in [3.05, 3.63) is 235 Å². The van der Waals surface area contributed by atoms with E-state index in [-0.39, 0.29) is 17.1 Å². The first-order valence-electron chi connectivity index (χ1n) is 23.5. The van der Waals surface area contributed by atoms with E-state index in [0.29, 0.717) is 101 Å². The minimum atomic E-state index is -0.726. The third-order valence-corrected chi connectivity index (χ3v) is 12.8. The van der Waals surface area contributed by atoms with E-state index < -0.39 is 34.9 Å². The van der Waals surface area contributed by atoms with Gasteiger partial charge >= 0.3 is 0 Å². The third-order valence-electron chi connectivity index (χ3n) is 12.8. The standard InChI is InChI=1S/C60H33F6N9/c61-40-25-41(62)29-46(28-40)73-52-10-4-1-7-49(52)67-58(73)37-19-13-34(14-20-37)55-70-56(35-15-21-38(22-16-35)59-68-50-8-2-5-11-53(50)74(59)47-30-42(63)26-43(64)31-47)72-57(71-55)36-17-23-39(24-18-36)60-69-51-9-3-6-12-54(51)75(60)48-32-44(65)27-45(66)33-48/h1-33H. The van der Waals surface area contributed by atoms with Crippen molar-refractivity contribution in [2.24, 2.45) is 0 Å². The fourth-order valence-corrected chi connectivity index (χ4v) is 9.52. The molecule has 75 heavy (non-hydrogen) atoms. The summed E-state index contributed by atoms with van der Waals surface area (Å²) in [7, 11) is 0. The summed E-state index contributed by atoms with van der Waals surface area (Å²) in [5, 5.41) is 0. The van der Waals surface area contributed by atoms with Gasteiger partial charge in [0.2, 0.25) is 0 Å². The van der Waals surface area contributed by atoms with E-state index in [1.165, 1.54) is 36.4 Å². The highest BCUT2D eigenvalue weighted by Gasteiger charge is 2.21. The van der Waals surface area contributed by atoms with Crippen LogP contribution in [0.5, 0.6) is 0 Å². The van der Waals surface area contributed by atoms with Crippen LogP contribution in [0.2, 0.25) is 0 Å². The van der Waals surface area contributed by atoms with E-state index in [1.807, 2.05) is 146 Å². The van der Waals surface area contributed by atoms with Crippen LogP contribution in [0.15, 0.2) is 200 Å². The molecule has 15 heteroatoms. The molecule has 0 aliphatic rings. The van der Waals surface area contributed by atoms with Crippen molar-refractivity contribution in [3.8, 4) is 85.4 Å². The summed E-state index contributed by atoms with van der Waals surface area (Å²) in [4.78, 5) is 29.6. The number of fused-ring (bicyclic) bond motifs is 3. The molecule has 0 saturated carbocycles. The summed E-state index contributed by atoms with van der Waals surface area (Å²) in [5.41, 5.74) is 8.47. The van der Waals surface area contributed by atoms with Gasteiger partial charge in [0.15, 0.2) is 17.5 Å². The lowest BCUT2D eigenvalue weighted by Gasteiger charge is -2.12. The Kier molecular flexibility index (Phi) is 10.7. The van der Waals surface area contributed by atoms with Crippen molar-refractivity contribution in [1.29, 1.82) is 0 Å². The molecule has 4 aromatic heterocycles. The van der Waals surface area contributed by atoms with Crippen molar-refractivity contribution in [2.45, 2.75) is 0 Å². The monoisotopic (exact) mass is 993 g/mol. The van der Waals surface area contributed by atoms with Gasteiger partial charge in [0.1, 0.15) is 52.4 Å². The van der Waals surface area contributed by atoms with Crippen LogP contribution in [0.25, 0.3) is 118 Å². The van der Waals surface area contributed by atoms with E-state index in [0.717, 1.165) is 18.2 Å². The summed E-state index contributed by atoms with van der Waals surface area (Å²) in [6.07, 6.45) is 0. The van der Waals surface area contributed by atoms with Crippen LogP contribution in [0.3, 0.4) is 0 Å². The lowest BCUT2D eigenvalue weighted by atomic mass is 10.1. The molecule has 13 rings (SSSR count). The smallest absolute Gasteiger partial charge is 0.164 e. The van der Waals surface area contributed by atoms with Crippen molar-refractivity contribution >= 4 is 33.1 Å². The number of benzene rings is 9. The molecule has 0 saturated heterocycles. The van der Waals surface area contributed by atoms with Gasteiger partial charge in [-0.05, 0) is 72.8 Å². The molecule has 0 fully saturated rings. The molecule has 0 amide bonds. The molecule has 360 valence electrons. The lowest BCUT2D eigenvalue weighted by Crippen LogP contribution is -2.02. The van der Waals surface area contributed by atoms with E-state index >= 15 is 0 Å². The van der Waals surface area contributed by atoms with Crippen molar-refractivity contribution in [1.82, 2.24) is 43.6 Å². The third kappa shape index (κ3) is 8.21. The Morgan fingerprint density at radius 1 is 0.240 bits per heavy atom. The van der Waals surface area contributed by atoms with E-state index in [4.69, 9.17) is 29.9 Å². The number of nitrogens with zero attached hydrogens (tertiary/aromatic N) is 9. The number of hydrogen-bond acceptors (Lipinski definition) is 6.